The number of amides is 2. The molecule has 0 unspecified atom stereocenters. The quantitative estimate of drug-likeness (QED) is 0.273. The largest absolute Gasteiger partial charge is 0.491 e. The van der Waals surface area contributed by atoms with Crippen LogP contribution < -0.4 is 15.2 Å². The number of aromatic nitrogens is 1. The highest BCUT2D eigenvalue weighted by Crippen LogP contribution is 2.46. The van der Waals surface area contributed by atoms with Crippen molar-refractivity contribution in [3.8, 4) is 11.4 Å². The Balaban J connectivity index is 1.30. The Morgan fingerprint density at radius 2 is 1.76 bits per heavy atom. The summed E-state index contributed by atoms with van der Waals surface area (Å²) in [5.41, 5.74) is 2.15. The van der Waals surface area contributed by atoms with E-state index >= 15 is 0 Å². The molecule has 0 saturated carbocycles. The van der Waals surface area contributed by atoms with E-state index in [0.717, 1.165) is 16.7 Å². The van der Waals surface area contributed by atoms with Crippen LogP contribution in [-0.4, -0.2) is 51.3 Å². The fourth-order valence-corrected chi connectivity index (χ4v) is 6.51. The van der Waals surface area contributed by atoms with E-state index in [-0.39, 0.29) is 42.8 Å². The van der Waals surface area contributed by atoms with E-state index in [1.54, 1.807) is 65.4 Å². The Morgan fingerprint density at radius 1 is 1.02 bits per heavy atom. The fourth-order valence-electron chi connectivity index (χ4n) is 6.51. The van der Waals surface area contributed by atoms with Gasteiger partial charge < -0.3 is 24.7 Å². The Kier molecular flexibility index (Phi) is 8.62. The first-order valence-corrected chi connectivity index (χ1v) is 15.4. The molecule has 9 nitrogen and oxygen atoms in total. The zero-order valence-corrected chi connectivity index (χ0v) is 25.9. The van der Waals surface area contributed by atoms with Gasteiger partial charge >= 0.3 is 0 Å². The van der Waals surface area contributed by atoms with Crippen LogP contribution in [-0.2, 0) is 34.7 Å². The summed E-state index contributed by atoms with van der Waals surface area (Å²) in [5, 5.41) is 22.3. The second kappa shape index (κ2) is 12.8. The van der Waals surface area contributed by atoms with E-state index in [9.17, 15) is 24.6 Å². The number of nitrogens with zero attached hydrogens (tertiary/aromatic N) is 3. The number of pyridine rings is 1. The van der Waals surface area contributed by atoms with Crippen LogP contribution in [0.4, 0.5) is 5.69 Å². The van der Waals surface area contributed by atoms with Crippen LogP contribution in [0.15, 0.2) is 108 Å². The van der Waals surface area contributed by atoms with E-state index in [4.69, 9.17) is 4.74 Å². The highest BCUT2D eigenvalue weighted by Gasteiger charge is 2.52. The first-order chi connectivity index (χ1) is 22.3. The van der Waals surface area contributed by atoms with Gasteiger partial charge in [0, 0.05) is 36.3 Å². The molecule has 0 spiro atoms. The first-order valence-electron chi connectivity index (χ1n) is 15.4. The van der Waals surface area contributed by atoms with Gasteiger partial charge in [-0.1, -0.05) is 73.7 Å². The Labute approximate surface area is 267 Å². The maximum absolute atomic E-state index is 14.1. The van der Waals surface area contributed by atoms with E-state index < -0.39 is 17.4 Å². The number of hydrogen-bond donors (Lipinski definition) is 2. The molecule has 2 amide bonds. The minimum absolute atomic E-state index is 0.0487. The van der Waals surface area contributed by atoms with Gasteiger partial charge in [-0.2, -0.15) is 0 Å². The number of ether oxygens (including phenoxy) is 1. The smallest absolute Gasteiger partial charge is 0.297 e. The minimum Gasteiger partial charge on any atom is -0.491 e. The Morgan fingerprint density at radius 3 is 2.50 bits per heavy atom. The van der Waals surface area contributed by atoms with Gasteiger partial charge in [-0.25, -0.2) is 0 Å². The molecule has 236 valence electrons. The maximum atomic E-state index is 14.1. The van der Waals surface area contributed by atoms with Crippen molar-refractivity contribution in [2.24, 2.45) is 5.92 Å². The van der Waals surface area contributed by atoms with Gasteiger partial charge in [-0.3, -0.25) is 19.0 Å². The van der Waals surface area contributed by atoms with Crippen LogP contribution in [0.2, 0.25) is 0 Å². The van der Waals surface area contributed by atoms with Crippen LogP contribution in [0.3, 0.4) is 0 Å². The summed E-state index contributed by atoms with van der Waals surface area (Å²) in [6, 6.07) is 25.6. The lowest BCUT2D eigenvalue weighted by Gasteiger charge is -2.36. The number of anilines is 1. The monoisotopic (exact) mass is 619 g/mol. The van der Waals surface area contributed by atoms with Crippen molar-refractivity contribution in [1.82, 2.24) is 9.47 Å². The third kappa shape index (κ3) is 5.52. The molecule has 3 heterocycles. The van der Waals surface area contributed by atoms with Gasteiger partial charge in [0.25, 0.3) is 11.5 Å². The number of aliphatic hydroxyl groups is 2. The van der Waals surface area contributed by atoms with Crippen LogP contribution in [0, 0.1) is 5.92 Å². The molecule has 2 aliphatic rings. The van der Waals surface area contributed by atoms with Crippen molar-refractivity contribution >= 4 is 17.5 Å². The number of carbonyl (C=O) groups is 2. The molecule has 0 aliphatic carbocycles. The summed E-state index contributed by atoms with van der Waals surface area (Å²) in [7, 11) is 1.43. The second-order valence-electron chi connectivity index (χ2n) is 11.8. The number of fused-ring (bicyclic) bond motifs is 2. The predicted molar refractivity (Wildman–Crippen MR) is 175 cm³/mol. The van der Waals surface area contributed by atoms with Gasteiger partial charge in [0.15, 0.2) is 11.4 Å². The molecule has 46 heavy (non-hydrogen) atoms. The summed E-state index contributed by atoms with van der Waals surface area (Å²) in [6.45, 7) is 2.27. The maximum Gasteiger partial charge on any atom is 0.297 e. The average Bonchev–Trinajstić information content (AvgIpc) is 3.30. The van der Waals surface area contributed by atoms with Crippen LogP contribution in [0.25, 0.3) is 5.69 Å². The molecule has 0 saturated heterocycles. The Bertz CT molecular complexity index is 1850. The summed E-state index contributed by atoms with van der Waals surface area (Å²) in [4.78, 5) is 43.8. The van der Waals surface area contributed by atoms with Gasteiger partial charge in [-0.05, 0) is 53.4 Å². The van der Waals surface area contributed by atoms with Crippen molar-refractivity contribution < 1.29 is 24.5 Å². The number of methoxy groups -OCH3 is 1. The van der Waals surface area contributed by atoms with Gasteiger partial charge in [0.1, 0.15) is 0 Å². The molecule has 9 heteroatoms. The average molecular weight is 620 g/mol. The molecular weight excluding hydrogens is 582 g/mol. The summed E-state index contributed by atoms with van der Waals surface area (Å²) < 4.78 is 6.63. The number of aliphatic hydroxyl groups excluding tert-OH is 1. The zero-order chi connectivity index (χ0) is 32.4. The molecule has 0 radical (unpaired) electrons. The van der Waals surface area contributed by atoms with Crippen molar-refractivity contribution in [3.63, 3.8) is 0 Å². The molecule has 2 aliphatic heterocycles. The normalized spacial score (nSPS) is 19.7. The van der Waals surface area contributed by atoms with Crippen LogP contribution >= 0.6 is 0 Å². The molecule has 3 aromatic carbocycles. The number of hydrogen-bond acceptors (Lipinski definition) is 6. The summed E-state index contributed by atoms with van der Waals surface area (Å²) in [5.74, 6) is -1.19. The summed E-state index contributed by atoms with van der Waals surface area (Å²) >= 11 is 0. The lowest BCUT2D eigenvalue weighted by atomic mass is 9.82. The molecule has 6 rings (SSSR count). The predicted octanol–water partition coefficient (Wildman–Crippen LogP) is 4.11. The molecule has 4 aromatic rings. The second-order valence-corrected chi connectivity index (χ2v) is 11.8. The number of rotatable bonds is 9. The number of benzene rings is 3. The first kappa shape index (κ1) is 31.0. The topological polar surface area (TPSA) is 112 Å². The van der Waals surface area contributed by atoms with Gasteiger partial charge in [0.05, 0.1) is 32.0 Å². The Hall–Kier alpha value is -4.99. The van der Waals surface area contributed by atoms with Crippen molar-refractivity contribution in [1.29, 1.82) is 0 Å². The van der Waals surface area contributed by atoms with Crippen molar-refractivity contribution in [3.05, 3.63) is 136 Å². The number of carbonyl (C=O) groups excluding carboxylic acids is 2. The van der Waals surface area contributed by atoms with E-state index in [1.165, 1.54) is 11.7 Å². The molecule has 0 bridgehead atoms. The van der Waals surface area contributed by atoms with Crippen LogP contribution in [0.5, 0.6) is 5.75 Å². The van der Waals surface area contributed by atoms with E-state index in [0.29, 0.717) is 29.9 Å². The van der Waals surface area contributed by atoms with E-state index in [2.05, 4.69) is 0 Å². The highest BCUT2D eigenvalue weighted by atomic mass is 16.5. The lowest BCUT2D eigenvalue weighted by Crippen LogP contribution is -2.46. The lowest BCUT2D eigenvalue weighted by molar-refractivity contribution is -0.139. The SMILES string of the molecule is COc1cccn(-c2ccc3c(c2)[C@](O)([C@@H](C)/C=C/CC(=O)N2Cc4ccccc4C[C@H]2CO)C(=O)N3Cc2ccccc2)c1=O. The molecule has 3 atom stereocenters. The van der Waals surface area contributed by atoms with Crippen LogP contribution in [0.1, 0.15) is 35.6 Å². The molecule has 1 aromatic heterocycles. The zero-order valence-electron chi connectivity index (χ0n) is 25.9. The fraction of sp³-hybridized carbons (Fsp3) is 0.270. The minimum atomic E-state index is -1.96. The highest BCUT2D eigenvalue weighted by molar-refractivity contribution is 6.07. The van der Waals surface area contributed by atoms with Gasteiger partial charge in [0.2, 0.25) is 5.91 Å². The molecule has 2 N–H and O–H groups in total. The third-order valence-corrected chi connectivity index (χ3v) is 9.11. The third-order valence-electron chi connectivity index (χ3n) is 9.11. The summed E-state index contributed by atoms with van der Waals surface area (Å²) in [6.07, 6.45) is 5.62. The van der Waals surface area contributed by atoms with E-state index in [1.807, 2.05) is 54.6 Å². The van der Waals surface area contributed by atoms with Gasteiger partial charge in [-0.15, -0.1) is 0 Å². The standard InChI is InChI=1S/C37H37N3O6/c1-25(10-8-16-34(42)39-23-28-14-7-6-13-27(28)20-30(39)24-41)37(45)31-21-29(38-19-9-15-33(46-2)35(38)43)17-18-32(31)40(36(37)44)22-26-11-4-3-5-12-26/h3-15,17-19,21,25,30,41,45H,16,20,22-24H2,1-2H3/b10-8+/t25-,30-,37+/m0/s1. The van der Waals surface area contributed by atoms with Crippen molar-refractivity contribution in [2.45, 2.75) is 44.5 Å². The molecule has 0 fully saturated rings. The molecular formula is C37H37N3O6. The van der Waals surface area contributed by atoms with Crippen molar-refractivity contribution in [2.75, 3.05) is 18.6 Å².